The molecular weight excluding hydrogens is 312 g/mol. The minimum atomic E-state index is 0.695. The van der Waals surface area contributed by atoms with E-state index < -0.39 is 0 Å². The van der Waals surface area contributed by atoms with E-state index in [4.69, 9.17) is 9.73 Å². The second-order valence-corrected chi connectivity index (χ2v) is 7.63. The minimum Gasteiger partial charge on any atom is -0.381 e. The fourth-order valence-corrected chi connectivity index (χ4v) is 3.27. The van der Waals surface area contributed by atoms with Gasteiger partial charge in [0.15, 0.2) is 5.96 Å². The standard InChI is InChI=1S/C20H42N4O/c1-5-7-13-25-14-9-11-22-20(21-6-2)23-15-19-10-8-12-24(17-19)16-18(3)4/h18-19H,5-17H2,1-4H3,(H2,21,22,23). The van der Waals surface area contributed by atoms with Crippen LogP contribution in [0.5, 0.6) is 0 Å². The first kappa shape index (κ1) is 22.2. The number of likely N-dealkylation sites (tertiary alicyclic amines) is 1. The first-order valence-corrected chi connectivity index (χ1v) is 10.5. The zero-order valence-electron chi connectivity index (χ0n) is 17.1. The van der Waals surface area contributed by atoms with Gasteiger partial charge in [0.05, 0.1) is 0 Å². The number of nitrogens with zero attached hydrogens (tertiary/aromatic N) is 2. The lowest BCUT2D eigenvalue weighted by Gasteiger charge is -2.33. The number of piperidine rings is 1. The molecule has 25 heavy (non-hydrogen) atoms. The summed E-state index contributed by atoms with van der Waals surface area (Å²) in [5.74, 6) is 2.40. The molecule has 1 aliphatic heterocycles. The van der Waals surface area contributed by atoms with Crippen molar-refractivity contribution >= 4 is 5.96 Å². The molecule has 5 heteroatoms. The van der Waals surface area contributed by atoms with Crippen LogP contribution >= 0.6 is 0 Å². The SMILES string of the molecule is CCCCOCCCNC(=NCC1CCCN(CC(C)C)C1)NCC. The maximum Gasteiger partial charge on any atom is 0.191 e. The van der Waals surface area contributed by atoms with Crippen LogP contribution in [0.3, 0.4) is 0 Å². The highest BCUT2D eigenvalue weighted by Gasteiger charge is 2.20. The third-order valence-corrected chi connectivity index (χ3v) is 4.48. The van der Waals surface area contributed by atoms with Gasteiger partial charge in [-0.25, -0.2) is 0 Å². The summed E-state index contributed by atoms with van der Waals surface area (Å²) in [4.78, 5) is 7.44. The van der Waals surface area contributed by atoms with E-state index in [1.807, 2.05) is 0 Å². The molecule has 1 fully saturated rings. The molecule has 1 aliphatic rings. The van der Waals surface area contributed by atoms with E-state index in [0.717, 1.165) is 57.6 Å². The summed E-state index contributed by atoms with van der Waals surface area (Å²) >= 11 is 0. The van der Waals surface area contributed by atoms with E-state index in [2.05, 4.69) is 43.2 Å². The summed E-state index contributed by atoms with van der Waals surface area (Å²) in [6, 6.07) is 0. The van der Waals surface area contributed by atoms with E-state index in [1.54, 1.807) is 0 Å². The summed E-state index contributed by atoms with van der Waals surface area (Å²) in [6.45, 7) is 17.1. The second-order valence-electron chi connectivity index (χ2n) is 7.63. The van der Waals surface area contributed by atoms with Crippen molar-refractivity contribution in [2.45, 2.75) is 59.8 Å². The van der Waals surface area contributed by atoms with Crippen LogP contribution in [0.4, 0.5) is 0 Å². The molecule has 0 spiro atoms. The molecule has 5 nitrogen and oxygen atoms in total. The quantitative estimate of drug-likeness (QED) is 0.321. The average Bonchev–Trinajstić information content (AvgIpc) is 2.58. The predicted molar refractivity (Wildman–Crippen MR) is 108 cm³/mol. The molecule has 1 rings (SSSR count). The number of ether oxygens (including phenoxy) is 1. The van der Waals surface area contributed by atoms with Crippen LogP contribution in [-0.2, 0) is 4.74 Å². The fourth-order valence-electron chi connectivity index (χ4n) is 3.27. The molecule has 0 amide bonds. The van der Waals surface area contributed by atoms with Crippen LogP contribution in [0.1, 0.15) is 59.8 Å². The van der Waals surface area contributed by atoms with Gasteiger partial charge in [0.1, 0.15) is 0 Å². The molecule has 0 aromatic heterocycles. The topological polar surface area (TPSA) is 48.9 Å². The van der Waals surface area contributed by atoms with Gasteiger partial charge in [-0.15, -0.1) is 0 Å². The minimum absolute atomic E-state index is 0.695. The molecule has 0 saturated carbocycles. The highest BCUT2D eigenvalue weighted by molar-refractivity contribution is 5.79. The molecule has 1 heterocycles. The monoisotopic (exact) mass is 354 g/mol. The number of rotatable bonds is 12. The van der Waals surface area contributed by atoms with Crippen LogP contribution in [0.25, 0.3) is 0 Å². The van der Waals surface area contributed by atoms with Crippen LogP contribution < -0.4 is 10.6 Å². The maximum absolute atomic E-state index is 5.61. The summed E-state index contributed by atoms with van der Waals surface area (Å²) in [6.07, 6.45) is 6.01. The van der Waals surface area contributed by atoms with E-state index >= 15 is 0 Å². The molecule has 0 bridgehead atoms. The Morgan fingerprint density at radius 1 is 1.20 bits per heavy atom. The number of hydrogen-bond donors (Lipinski definition) is 2. The maximum atomic E-state index is 5.61. The molecule has 0 aromatic rings. The van der Waals surface area contributed by atoms with Gasteiger partial charge < -0.3 is 20.3 Å². The lowest BCUT2D eigenvalue weighted by Crippen LogP contribution is -2.41. The van der Waals surface area contributed by atoms with Crippen molar-refractivity contribution < 1.29 is 4.74 Å². The Balaban J connectivity index is 2.26. The third kappa shape index (κ3) is 11.4. The van der Waals surface area contributed by atoms with Crippen LogP contribution in [-0.4, -0.2) is 63.3 Å². The Kier molecular flexibility index (Phi) is 12.8. The van der Waals surface area contributed by atoms with Crippen molar-refractivity contribution in [1.29, 1.82) is 0 Å². The number of guanidine groups is 1. The number of aliphatic imine (C=N–C) groups is 1. The predicted octanol–water partition coefficient (Wildman–Crippen LogP) is 3.12. The lowest BCUT2D eigenvalue weighted by molar-refractivity contribution is 0.129. The van der Waals surface area contributed by atoms with Crippen LogP contribution in [0.2, 0.25) is 0 Å². The van der Waals surface area contributed by atoms with Crippen molar-refractivity contribution in [2.24, 2.45) is 16.8 Å². The number of unbranched alkanes of at least 4 members (excludes halogenated alkanes) is 1. The summed E-state index contributed by atoms with van der Waals surface area (Å²) < 4.78 is 5.61. The largest absolute Gasteiger partial charge is 0.381 e. The van der Waals surface area contributed by atoms with Gasteiger partial charge in [0.2, 0.25) is 0 Å². The van der Waals surface area contributed by atoms with Crippen molar-refractivity contribution in [2.75, 3.05) is 52.5 Å². The lowest BCUT2D eigenvalue weighted by atomic mass is 9.97. The highest BCUT2D eigenvalue weighted by atomic mass is 16.5. The zero-order chi connectivity index (χ0) is 18.3. The molecule has 2 N–H and O–H groups in total. The molecular formula is C20H42N4O. The number of hydrogen-bond acceptors (Lipinski definition) is 3. The van der Waals surface area contributed by atoms with E-state index in [9.17, 15) is 0 Å². The zero-order valence-corrected chi connectivity index (χ0v) is 17.1. The molecule has 1 unspecified atom stereocenters. The van der Waals surface area contributed by atoms with Gasteiger partial charge >= 0.3 is 0 Å². The van der Waals surface area contributed by atoms with E-state index in [0.29, 0.717) is 5.92 Å². The summed E-state index contributed by atoms with van der Waals surface area (Å²) in [7, 11) is 0. The Morgan fingerprint density at radius 2 is 2.00 bits per heavy atom. The van der Waals surface area contributed by atoms with Crippen molar-refractivity contribution in [3.05, 3.63) is 0 Å². The van der Waals surface area contributed by atoms with Gasteiger partial charge in [-0.3, -0.25) is 4.99 Å². The van der Waals surface area contributed by atoms with Gasteiger partial charge in [-0.05, 0) is 51.0 Å². The first-order valence-electron chi connectivity index (χ1n) is 10.5. The Labute approximate surface area is 156 Å². The Hall–Kier alpha value is -0.810. The normalized spacial score (nSPS) is 19.4. The first-order chi connectivity index (χ1) is 12.2. The van der Waals surface area contributed by atoms with Gasteiger partial charge in [0.25, 0.3) is 0 Å². The summed E-state index contributed by atoms with van der Waals surface area (Å²) in [5.41, 5.74) is 0. The van der Waals surface area contributed by atoms with Crippen LogP contribution in [0, 0.1) is 11.8 Å². The van der Waals surface area contributed by atoms with Crippen molar-refractivity contribution in [3.8, 4) is 0 Å². The summed E-state index contributed by atoms with van der Waals surface area (Å²) in [5, 5.41) is 6.80. The molecule has 0 radical (unpaired) electrons. The van der Waals surface area contributed by atoms with Crippen molar-refractivity contribution in [1.82, 2.24) is 15.5 Å². The van der Waals surface area contributed by atoms with E-state index in [1.165, 1.54) is 38.9 Å². The second kappa shape index (κ2) is 14.4. The molecule has 1 atom stereocenters. The smallest absolute Gasteiger partial charge is 0.191 e. The Morgan fingerprint density at radius 3 is 2.72 bits per heavy atom. The van der Waals surface area contributed by atoms with Gasteiger partial charge in [-0.2, -0.15) is 0 Å². The molecule has 1 saturated heterocycles. The average molecular weight is 355 g/mol. The van der Waals surface area contributed by atoms with Gasteiger partial charge in [0, 0.05) is 45.9 Å². The Bertz CT molecular complexity index is 347. The van der Waals surface area contributed by atoms with Crippen molar-refractivity contribution in [3.63, 3.8) is 0 Å². The fraction of sp³-hybridized carbons (Fsp3) is 0.950. The highest BCUT2D eigenvalue weighted by Crippen LogP contribution is 2.17. The molecule has 148 valence electrons. The van der Waals surface area contributed by atoms with Crippen LogP contribution in [0.15, 0.2) is 4.99 Å². The van der Waals surface area contributed by atoms with Gasteiger partial charge in [-0.1, -0.05) is 27.2 Å². The number of nitrogens with one attached hydrogen (secondary N) is 2. The molecule has 0 aliphatic carbocycles. The third-order valence-electron chi connectivity index (χ3n) is 4.48. The van der Waals surface area contributed by atoms with E-state index in [-0.39, 0.29) is 0 Å². The molecule has 0 aromatic carbocycles.